The Morgan fingerprint density at radius 1 is 1.40 bits per heavy atom. The molecule has 1 atom stereocenters. The minimum absolute atomic E-state index is 0.0144. The van der Waals surface area contributed by atoms with Crippen molar-refractivity contribution in [2.45, 2.75) is 32.9 Å². The molecule has 108 valence electrons. The second-order valence-corrected chi connectivity index (χ2v) is 5.55. The Balaban J connectivity index is 2.34. The maximum Gasteiger partial charge on any atom is 0.124 e. The van der Waals surface area contributed by atoms with Crippen LogP contribution >= 0.6 is 15.9 Å². The van der Waals surface area contributed by atoms with Crippen molar-refractivity contribution in [1.29, 1.82) is 0 Å². The van der Waals surface area contributed by atoms with Crippen molar-refractivity contribution in [2.24, 2.45) is 0 Å². The van der Waals surface area contributed by atoms with Gasteiger partial charge < -0.3 is 5.32 Å². The van der Waals surface area contributed by atoms with Gasteiger partial charge in [0.2, 0.25) is 0 Å². The normalized spacial score (nSPS) is 12.6. The smallest absolute Gasteiger partial charge is 0.124 e. The van der Waals surface area contributed by atoms with E-state index in [4.69, 9.17) is 0 Å². The third-order valence-electron chi connectivity index (χ3n) is 3.12. The van der Waals surface area contributed by atoms with E-state index in [1.807, 2.05) is 23.1 Å². The lowest BCUT2D eigenvalue weighted by Gasteiger charge is -2.18. The van der Waals surface area contributed by atoms with Crippen molar-refractivity contribution in [3.8, 4) is 0 Å². The molecule has 1 N–H and O–H groups in total. The van der Waals surface area contributed by atoms with E-state index >= 15 is 0 Å². The monoisotopic (exact) mass is 339 g/mol. The maximum absolute atomic E-state index is 13.2. The lowest BCUT2D eigenvalue weighted by Crippen LogP contribution is -2.22. The van der Waals surface area contributed by atoms with Crippen molar-refractivity contribution in [3.63, 3.8) is 0 Å². The van der Waals surface area contributed by atoms with Crippen molar-refractivity contribution in [2.75, 3.05) is 6.54 Å². The second kappa shape index (κ2) is 6.99. The summed E-state index contributed by atoms with van der Waals surface area (Å²) in [6.45, 7) is 5.91. The number of rotatable bonds is 6. The minimum atomic E-state index is -0.238. The molecule has 0 spiro atoms. The van der Waals surface area contributed by atoms with Crippen LogP contribution in [0.4, 0.5) is 4.39 Å². The van der Waals surface area contributed by atoms with Crippen molar-refractivity contribution in [1.82, 2.24) is 15.1 Å². The molecular formula is C15H19BrFN3. The summed E-state index contributed by atoms with van der Waals surface area (Å²) in [6, 6.07) is 4.81. The van der Waals surface area contributed by atoms with E-state index in [9.17, 15) is 4.39 Å². The van der Waals surface area contributed by atoms with Crippen LogP contribution in [-0.2, 0) is 6.54 Å². The van der Waals surface area contributed by atoms with E-state index < -0.39 is 0 Å². The van der Waals surface area contributed by atoms with Crippen LogP contribution in [0.15, 0.2) is 35.1 Å². The van der Waals surface area contributed by atoms with Gasteiger partial charge in [-0.1, -0.05) is 35.8 Å². The van der Waals surface area contributed by atoms with Gasteiger partial charge in [0.15, 0.2) is 0 Å². The summed E-state index contributed by atoms with van der Waals surface area (Å²) < 4.78 is 15.9. The molecule has 1 aromatic carbocycles. The van der Waals surface area contributed by atoms with Crippen molar-refractivity contribution < 1.29 is 4.39 Å². The Morgan fingerprint density at radius 2 is 2.20 bits per heavy atom. The Kier molecular flexibility index (Phi) is 5.31. The molecule has 0 aliphatic rings. The molecule has 0 aliphatic heterocycles. The number of aryl methyl sites for hydroxylation is 1. The zero-order valence-electron chi connectivity index (χ0n) is 11.7. The van der Waals surface area contributed by atoms with Gasteiger partial charge in [0.05, 0.1) is 12.2 Å². The first-order chi connectivity index (χ1) is 9.65. The molecule has 0 aliphatic carbocycles. The van der Waals surface area contributed by atoms with E-state index in [0.29, 0.717) is 0 Å². The average Bonchev–Trinajstić information content (AvgIpc) is 2.86. The van der Waals surface area contributed by atoms with Gasteiger partial charge in [-0.05, 0) is 30.7 Å². The molecule has 0 saturated heterocycles. The van der Waals surface area contributed by atoms with Crippen LogP contribution in [0.2, 0.25) is 0 Å². The zero-order chi connectivity index (χ0) is 14.5. The van der Waals surface area contributed by atoms with Crippen LogP contribution in [0, 0.1) is 5.82 Å². The molecule has 0 bridgehead atoms. The number of halogens is 2. The Bertz CT molecular complexity index is 568. The van der Waals surface area contributed by atoms with Gasteiger partial charge in [-0.25, -0.2) is 4.39 Å². The molecule has 20 heavy (non-hydrogen) atoms. The number of hydrogen-bond acceptors (Lipinski definition) is 2. The molecule has 2 rings (SSSR count). The fourth-order valence-electron chi connectivity index (χ4n) is 2.23. The van der Waals surface area contributed by atoms with Crippen LogP contribution in [-0.4, -0.2) is 16.3 Å². The predicted molar refractivity (Wildman–Crippen MR) is 82.1 cm³/mol. The van der Waals surface area contributed by atoms with Gasteiger partial charge in [-0.15, -0.1) is 0 Å². The SMILES string of the molecule is CCCn1cc(C(NCC)c2ccc(F)cc2Br)cn1. The van der Waals surface area contributed by atoms with Gasteiger partial charge in [0, 0.05) is 22.8 Å². The number of benzene rings is 1. The highest BCUT2D eigenvalue weighted by atomic mass is 79.9. The summed E-state index contributed by atoms with van der Waals surface area (Å²) in [6.07, 6.45) is 4.97. The van der Waals surface area contributed by atoms with Crippen LogP contribution in [0.5, 0.6) is 0 Å². The van der Waals surface area contributed by atoms with E-state index in [1.165, 1.54) is 12.1 Å². The summed E-state index contributed by atoms with van der Waals surface area (Å²) in [5.74, 6) is -0.238. The van der Waals surface area contributed by atoms with Crippen LogP contribution in [0.3, 0.4) is 0 Å². The highest BCUT2D eigenvalue weighted by Crippen LogP contribution is 2.29. The zero-order valence-corrected chi connectivity index (χ0v) is 13.3. The second-order valence-electron chi connectivity index (χ2n) is 4.69. The molecule has 5 heteroatoms. The molecule has 0 amide bonds. The third-order valence-corrected chi connectivity index (χ3v) is 3.81. The number of hydrogen-bond donors (Lipinski definition) is 1. The van der Waals surface area contributed by atoms with Gasteiger partial charge in [0.25, 0.3) is 0 Å². The molecule has 2 aromatic rings. The largest absolute Gasteiger partial charge is 0.306 e. The molecule has 1 aromatic heterocycles. The van der Waals surface area contributed by atoms with Crippen LogP contribution in [0.25, 0.3) is 0 Å². The minimum Gasteiger partial charge on any atom is -0.306 e. The summed E-state index contributed by atoms with van der Waals surface area (Å²) in [7, 11) is 0. The highest BCUT2D eigenvalue weighted by molar-refractivity contribution is 9.10. The van der Waals surface area contributed by atoms with Gasteiger partial charge in [-0.2, -0.15) is 5.10 Å². The molecule has 1 unspecified atom stereocenters. The van der Waals surface area contributed by atoms with Gasteiger partial charge in [-0.3, -0.25) is 4.68 Å². The number of nitrogens with zero attached hydrogens (tertiary/aromatic N) is 2. The standard InChI is InChI=1S/C15H19BrFN3/c1-3-7-20-10-11(9-19-20)15(18-4-2)13-6-5-12(17)8-14(13)16/h5-6,8-10,15,18H,3-4,7H2,1-2H3. The lowest BCUT2D eigenvalue weighted by molar-refractivity contribution is 0.595. The van der Waals surface area contributed by atoms with Gasteiger partial charge >= 0.3 is 0 Å². The van der Waals surface area contributed by atoms with E-state index in [2.05, 4.69) is 40.2 Å². The Morgan fingerprint density at radius 3 is 2.85 bits per heavy atom. The summed E-state index contributed by atoms with van der Waals surface area (Å²) in [5, 5.41) is 7.79. The molecular weight excluding hydrogens is 321 g/mol. The lowest BCUT2D eigenvalue weighted by atomic mass is 10.0. The van der Waals surface area contributed by atoms with Crippen LogP contribution in [0.1, 0.15) is 37.4 Å². The Labute approximate surface area is 127 Å². The first kappa shape index (κ1) is 15.2. The van der Waals surface area contributed by atoms with E-state index in [0.717, 1.165) is 35.1 Å². The summed E-state index contributed by atoms with van der Waals surface area (Å²) in [5.41, 5.74) is 2.11. The van der Waals surface area contributed by atoms with Gasteiger partial charge in [0.1, 0.15) is 5.82 Å². The maximum atomic E-state index is 13.2. The summed E-state index contributed by atoms with van der Waals surface area (Å²) >= 11 is 3.45. The van der Waals surface area contributed by atoms with Crippen LogP contribution < -0.4 is 5.32 Å². The van der Waals surface area contributed by atoms with Crippen molar-refractivity contribution >= 4 is 15.9 Å². The highest BCUT2D eigenvalue weighted by Gasteiger charge is 2.17. The average molecular weight is 340 g/mol. The molecule has 0 radical (unpaired) electrons. The molecule has 0 saturated carbocycles. The topological polar surface area (TPSA) is 29.9 Å². The fraction of sp³-hybridized carbons (Fsp3) is 0.400. The quantitative estimate of drug-likeness (QED) is 0.865. The summed E-state index contributed by atoms with van der Waals surface area (Å²) in [4.78, 5) is 0. The third kappa shape index (κ3) is 3.46. The molecule has 0 fully saturated rings. The molecule has 1 heterocycles. The number of nitrogens with one attached hydrogen (secondary N) is 1. The first-order valence-corrected chi connectivity index (χ1v) is 7.65. The fourth-order valence-corrected chi connectivity index (χ4v) is 2.81. The van der Waals surface area contributed by atoms with E-state index in [1.54, 1.807) is 0 Å². The Hall–Kier alpha value is -1.20. The van der Waals surface area contributed by atoms with E-state index in [-0.39, 0.29) is 11.9 Å². The predicted octanol–water partition coefficient (Wildman–Crippen LogP) is 3.89. The van der Waals surface area contributed by atoms with Crippen molar-refractivity contribution in [3.05, 3.63) is 52.0 Å². The number of aromatic nitrogens is 2. The molecule has 3 nitrogen and oxygen atoms in total. The first-order valence-electron chi connectivity index (χ1n) is 6.86.